The fourth-order valence-corrected chi connectivity index (χ4v) is 3.13. The number of hydrogen-bond donors (Lipinski definition) is 1. The highest BCUT2D eigenvalue weighted by atomic mass is 19.4. The van der Waals surface area contributed by atoms with Crippen LogP contribution in [0.4, 0.5) is 26.7 Å². The third-order valence-corrected chi connectivity index (χ3v) is 4.60. The molecule has 2 heterocycles. The molecule has 0 radical (unpaired) electrons. The van der Waals surface area contributed by atoms with Crippen LogP contribution in [0.2, 0.25) is 0 Å². The molecular formula is C17H22F5N3O5. The zero-order valence-electron chi connectivity index (χ0n) is 16.5. The molecule has 13 heteroatoms. The number of carbonyl (C=O) groups excluding carboxylic acids is 1. The maximum absolute atomic E-state index is 14.5. The van der Waals surface area contributed by atoms with Gasteiger partial charge in [-0.05, 0) is 33.6 Å². The molecule has 0 aromatic carbocycles. The third kappa shape index (κ3) is 5.78. The van der Waals surface area contributed by atoms with Gasteiger partial charge < -0.3 is 19.2 Å². The molecule has 3 rings (SSSR count). The van der Waals surface area contributed by atoms with Crippen LogP contribution in [0.25, 0.3) is 0 Å². The lowest BCUT2D eigenvalue weighted by molar-refractivity contribution is -0.352. The fraction of sp³-hybridized carbons (Fsp3) is 0.824. The van der Waals surface area contributed by atoms with Crippen molar-refractivity contribution in [3.05, 3.63) is 11.8 Å². The van der Waals surface area contributed by atoms with Crippen LogP contribution >= 0.6 is 0 Å². The van der Waals surface area contributed by atoms with Crippen LogP contribution in [0, 0.1) is 0 Å². The van der Waals surface area contributed by atoms with Crippen molar-refractivity contribution in [3.8, 4) is 0 Å². The number of nitrogens with zero attached hydrogens (tertiary/aromatic N) is 2. The number of aromatic nitrogens is 2. The van der Waals surface area contributed by atoms with Gasteiger partial charge >= 0.3 is 12.5 Å². The molecule has 1 aromatic heterocycles. The maximum Gasteiger partial charge on any atom is 0.522 e. The van der Waals surface area contributed by atoms with Crippen molar-refractivity contribution in [1.82, 2.24) is 15.5 Å². The molecule has 2 fully saturated rings. The van der Waals surface area contributed by atoms with Gasteiger partial charge in [-0.15, -0.1) is 23.4 Å². The summed E-state index contributed by atoms with van der Waals surface area (Å²) in [7, 11) is 0. The van der Waals surface area contributed by atoms with Crippen molar-refractivity contribution >= 4 is 6.09 Å². The zero-order valence-corrected chi connectivity index (χ0v) is 16.5. The molecular weight excluding hydrogens is 421 g/mol. The Morgan fingerprint density at radius 1 is 1.17 bits per heavy atom. The number of ether oxygens (including phenoxy) is 3. The van der Waals surface area contributed by atoms with Crippen molar-refractivity contribution in [2.24, 2.45) is 0 Å². The number of hydrogen-bond acceptors (Lipinski definition) is 7. The Hall–Kier alpha value is -2.02. The van der Waals surface area contributed by atoms with E-state index in [2.05, 4.69) is 20.3 Å². The molecule has 0 spiro atoms. The minimum Gasteiger partial charge on any atom is -0.444 e. The van der Waals surface area contributed by atoms with E-state index in [1.165, 1.54) is 0 Å². The van der Waals surface area contributed by atoms with Gasteiger partial charge in [0.15, 0.2) is 0 Å². The van der Waals surface area contributed by atoms with Crippen LogP contribution in [0.3, 0.4) is 0 Å². The summed E-state index contributed by atoms with van der Waals surface area (Å²) in [6, 6.07) is -1.60. The third-order valence-electron chi connectivity index (χ3n) is 4.60. The first-order valence-electron chi connectivity index (χ1n) is 9.28. The largest absolute Gasteiger partial charge is 0.522 e. The zero-order chi connectivity index (χ0) is 22.3. The number of nitrogens with one attached hydrogen (secondary N) is 1. The van der Waals surface area contributed by atoms with Gasteiger partial charge in [-0.2, -0.15) is 0 Å². The molecule has 170 valence electrons. The second-order valence-corrected chi connectivity index (χ2v) is 8.32. The number of halogens is 5. The quantitative estimate of drug-likeness (QED) is 0.707. The Balaban J connectivity index is 1.54. The van der Waals surface area contributed by atoms with Crippen LogP contribution in [0.5, 0.6) is 0 Å². The standard InChI is InChI=1S/C17H22F5N3O5/c1-15(2,3)30-14(26)23-11-7-27-10(6-16(11,18)19)13-25-24-12(28-13)8-4-9(5-8)29-17(20,21)22/h8-11H,4-7H2,1-3H3,(H,23,26)/t8?,9?,10-,11-/m0/s1. The fourth-order valence-electron chi connectivity index (χ4n) is 3.13. The number of alkyl halides is 5. The van der Waals surface area contributed by atoms with Gasteiger partial charge in [0.25, 0.3) is 5.92 Å². The SMILES string of the molecule is CC(C)(C)OC(=O)N[C@H]1CO[C@H](c2nnc(C3CC(OC(F)(F)F)C3)o2)CC1(F)F. The molecule has 1 aromatic rings. The van der Waals surface area contributed by atoms with E-state index in [0.29, 0.717) is 0 Å². The summed E-state index contributed by atoms with van der Waals surface area (Å²) in [4.78, 5) is 11.8. The van der Waals surface area contributed by atoms with Crippen molar-refractivity contribution in [1.29, 1.82) is 0 Å². The second kappa shape index (κ2) is 7.91. The Morgan fingerprint density at radius 3 is 2.37 bits per heavy atom. The van der Waals surface area contributed by atoms with E-state index in [9.17, 15) is 26.7 Å². The van der Waals surface area contributed by atoms with Gasteiger partial charge in [0.1, 0.15) is 17.7 Å². The monoisotopic (exact) mass is 443 g/mol. The first-order valence-corrected chi connectivity index (χ1v) is 9.28. The molecule has 2 aliphatic rings. The molecule has 2 atom stereocenters. The lowest BCUT2D eigenvalue weighted by atomic mass is 9.82. The molecule has 8 nitrogen and oxygen atoms in total. The predicted octanol–water partition coefficient (Wildman–Crippen LogP) is 3.84. The molecule has 1 N–H and O–H groups in total. The number of alkyl carbamates (subject to hydrolysis) is 1. The minimum atomic E-state index is -4.72. The Morgan fingerprint density at radius 2 is 1.80 bits per heavy atom. The first kappa shape index (κ1) is 22.7. The number of amides is 1. The summed E-state index contributed by atoms with van der Waals surface area (Å²) in [5.74, 6) is -3.92. The van der Waals surface area contributed by atoms with Crippen LogP contribution in [0.15, 0.2) is 4.42 Å². The van der Waals surface area contributed by atoms with Gasteiger partial charge in [0, 0.05) is 12.3 Å². The number of carbonyl (C=O) groups is 1. The second-order valence-electron chi connectivity index (χ2n) is 8.32. The van der Waals surface area contributed by atoms with Gasteiger partial charge in [-0.1, -0.05) is 0 Å². The van der Waals surface area contributed by atoms with E-state index in [1.54, 1.807) is 20.8 Å². The molecule has 1 amide bonds. The minimum absolute atomic E-state index is 0.0324. The highest BCUT2D eigenvalue weighted by Crippen LogP contribution is 2.42. The average molecular weight is 443 g/mol. The van der Waals surface area contributed by atoms with Crippen LogP contribution in [-0.2, 0) is 14.2 Å². The topological polar surface area (TPSA) is 95.7 Å². The molecule has 1 aliphatic carbocycles. The summed E-state index contributed by atoms with van der Waals surface area (Å²) in [6.07, 6.45) is -8.67. The summed E-state index contributed by atoms with van der Waals surface area (Å²) >= 11 is 0. The summed E-state index contributed by atoms with van der Waals surface area (Å²) in [6.45, 7) is 4.29. The Bertz CT molecular complexity index is 758. The Labute approximate surface area is 168 Å². The van der Waals surface area contributed by atoms with Crippen LogP contribution in [0.1, 0.15) is 63.8 Å². The Kier molecular flexibility index (Phi) is 5.98. The summed E-state index contributed by atoms with van der Waals surface area (Å²) in [5.41, 5.74) is -0.844. The van der Waals surface area contributed by atoms with Crippen molar-refractivity contribution < 1.29 is 45.4 Å². The van der Waals surface area contributed by atoms with Gasteiger partial charge in [-0.25, -0.2) is 13.6 Å². The highest BCUT2D eigenvalue weighted by Gasteiger charge is 2.49. The van der Waals surface area contributed by atoms with E-state index >= 15 is 0 Å². The van der Waals surface area contributed by atoms with Gasteiger partial charge in [0.2, 0.25) is 11.8 Å². The molecule has 1 aliphatic heterocycles. The molecule has 0 unspecified atom stereocenters. The predicted molar refractivity (Wildman–Crippen MR) is 88.6 cm³/mol. The highest BCUT2D eigenvalue weighted by molar-refractivity contribution is 5.68. The van der Waals surface area contributed by atoms with Gasteiger partial charge in [-0.3, -0.25) is 4.74 Å². The van der Waals surface area contributed by atoms with E-state index in [4.69, 9.17) is 13.9 Å². The first-order chi connectivity index (χ1) is 13.7. The summed E-state index contributed by atoms with van der Waals surface area (Å²) in [5, 5.41) is 9.52. The van der Waals surface area contributed by atoms with Crippen LogP contribution < -0.4 is 5.32 Å². The smallest absolute Gasteiger partial charge is 0.444 e. The average Bonchev–Trinajstić information content (AvgIpc) is 2.99. The van der Waals surface area contributed by atoms with E-state index < -0.39 is 61.2 Å². The van der Waals surface area contributed by atoms with E-state index in [0.717, 1.165) is 0 Å². The van der Waals surface area contributed by atoms with E-state index in [1.807, 2.05) is 0 Å². The van der Waals surface area contributed by atoms with Crippen LogP contribution in [-0.4, -0.2) is 52.9 Å². The van der Waals surface area contributed by atoms with Crippen molar-refractivity contribution in [2.45, 2.75) is 82.1 Å². The maximum atomic E-state index is 14.5. The normalized spacial score (nSPS) is 29.2. The van der Waals surface area contributed by atoms with Crippen molar-refractivity contribution in [3.63, 3.8) is 0 Å². The molecule has 0 bridgehead atoms. The lowest BCUT2D eigenvalue weighted by Crippen LogP contribution is -2.55. The molecule has 30 heavy (non-hydrogen) atoms. The summed E-state index contributed by atoms with van der Waals surface area (Å²) < 4.78 is 85.1. The van der Waals surface area contributed by atoms with Crippen molar-refractivity contribution in [2.75, 3.05) is 6.61 Å². The van der Waals surface area contributed by atoms with E-state index in [-0.39, 0.29) is 24.6 Å². The molecule has 1 saturated carbocycles. The van der Waals surface area contributed by atoms with Gasteiger partial charge in [0.05, 0.1) is 12.7 Å². The lowest BCUT2D eigenvalue weighted by Gasteiger charge is -2.35. The molecule has 1 saturated heterocycles. The number of rotatable bonds is 4.